The van der Waals surface area contributed by atoms with Crippen molar-refractivity contribution in [2.24, 2.45) is 0 Å². The van der Waals surface area contributed by atoms with Gasteiger partial charge in [0.25, 0.3) is 0 Å². The first-order valence-corrected chi connectivity index (χ1v) is 4.98. The van der Waals surface area contributed by atoms with Gasteiger partial charge in [0.05, 0.1) is 13.2 Å². The first-order chi connectivity index (χ1) is 5.35. The number of ether oxygens (including phenoxy) is 1. The van der Waals surface area contributed by atoms with Crippen LogP contribution in [0.2, 0.25) is 0 Å². The van der Waals surface area contributed by atoms with Gasteiger partial charge in [-0.3, -0.25) is 0 Å². The molecule has 0 N–H and O–H groups in total. The molecule has 0 fully saturated rings. The molecule has 0 saturated heterocycles. The van der Waals surface area contributed by atoms with Gasteiger partial charge >= 0.3 is 9.28 Å². The molecule has 0 amide bonds. The third-order valence-corrected chi connectivity index (χ3v) is 2.38. The molecule has 4 heteroatoms. The fraction of sp³-hybridized carbons (Fsp3) is 0.714. The Balaban J connectivity index is 3.28. The second-order valence-corrected chi connectivity index (χ2v) is 3.42. The highest BCUT2D eigenvalue weighted by Gasteiger charge is 2.08. The molecule has 11 heavy (non-hydrogen) atoms. The van der Waals surface area contributed by atoms with Crippen molar-refractivity contribution in [3.8, 4) is 0 Å². The van der Waals surface area contributed by atoms with Crippen molar-refractivity contribution in [2.75, 3.05) is 26.9 Å². The van der Waals surface area contributed by atoms with Gasteiger partial charge in [-0.1, -0.05) is 0 Å². The third-order valence-electron chi connectivity index (χ3n) is 0.985. The molecule has 0 heterocycles. The molecule has 0 aliphatic heterocycles. The molecule has 0 aliphatic rings. The van der Waals surface area contributed by atoms with E-state index in [1.165, 1.54) is 0 Å². The van der Waals surface area contributed by atoms with E-state index in [-0.39, 0.29) is 0 Å². The van der Waals surface area contributed by atoms with Gasteiger partial charge in [-0.05, 0) is 12.6 Å². The Bertz CT molecular complexity index is 97.7. The van der Waals surface area contributed by atoms with Crippen LogP contribution in [0.25, 0.3) is 0 Å². The Labute approximate surface area is 69.8 Å². The number of hydrogen-bond donors (Lipinski definition) is 0. The second-order valence-electron chi connectivity index (χ2n) is 1.80. The summed E-state index contributed by atoms with van der Waals surface area (Å²) in [5.74, 6) is 0. The molecular formula is C7H15O3Si. The molecule has 1 radical (unpaired) electrons. The first-order valence-electron chi connectivity index (χ1n) is 3.59. The van der Waals surface area contributed by atoms with Crippen molar-refractivity contribution in [3.63, 3.8) is 0 Å². The number of hydrogen-bond acceptors (Lipinski definition) is 3. The summed E-state index contributed by atoms with van der Waals surface area (Å²) in [4.78, 5) is 0. The zero-order valence-corrected chi connectivity index (χ0v) is 8.13. The lowest BCUT2D eigenvalue weighted by Gasteiger charge is -2.08. The monoisotopic (exact) mass is 175 g/mol. The molecule has 0 aromatic carbocycles. The number of rotatable bonds is 7. The predicted octanol–water partition coefficient (Wildman–Crippen LogP) is 0.899. The highest BCUT2D eigenvalue weighted by molar-refractivity contribution is 6.50. The summed E-state index contributed by atoms with van der Waals surface area (Å²) in [6.07, 6.45) is 0. The second kappa shape index (κ2) is 7.94. The molecule has 0 aromatic heterocycles. The van der Waals surface area contributed by atoms with Gasteiger partial charge in [0.15, 0.2) is 0 Å². The van der Waals surface area contributed by atoms with Gasteiger partial charge in [0.1, 0.15) is 0 Å². The van der Waals surface area contributed by atoms with Crippen LogP contribution >= 0.6 is 0 Å². The maximum absolute atomic E-state index is 5.31. The molecule has 0 bridgehead atoms. The molecule has 0 aromatic rings. The van der Waals surface area contributed by atoms with Crippen molar-refractivity contribution in [1.82, 2.24) is 0 Å². The van der Waals surface area contributed by atoms with Crippen LogP contribution in [0.4, 0.5) is 0 Å². The number of methoxy groups -OCH3 is 1. The summed E-state index contributed by atoms with van der Waals surface area (Å²) in [6, 6.07) is 0. The van der Waals surface area contributed by atoms with E-state index in [9.17, 15) is 0 Å². The van der Waals surface area contributed by atoms with Crippen molar-refractivity contribution in [3.05, 3.63) is 12.3 Å². The zero-order valence-electron chi connectivity index (χ0n) is 7.13. The van der Waals surface area contributed by atoms with Crippen LogP contribution < -0.4 is 0 Å². The van der Waals surface area contributed by atoms with Crippen molar-refractivity contribution >= 4 is 9.28 Å². The van der Waals surface area contributed by atoms with Gasteiger partial charge in [-0.15, -0.1) is 6.58 Å². The normalized spacial score (nSPS) is 10.5. The maximum Gasteiger partial charge on any atom is 0.415 e. The minimum absolute atomic E-state index is 0.580. The third kappa shape index (κ3) is 6.24. The van der Waals surface area contributed by atoms with Crippen LogP contribution in [0.3, 0.4) is 0 Å². The van der Waals surface area contributed by atoms with Gasteiger partial charge in [0.2, 0.25) is 0 Å². The van der Waals surface area contributed by atoms with Crippen LogP contribution in [0.15, 0.2) is 12.3 Å². The van der Waals surface area contributed by atoms with Crippen LogP contribution in [0, 0.1) is 0 Å². The Morgan fingerprint density at radius 2 is 2.09 bits per heavy atom. The van der Waals surface area contributed by atoms with Crippen LogP contribution in [0.5, 0.6) is 0 Å². The maximum atomic E-state index is 5.31. The Hall–Kier alpha value is -0.163. The van der Waals surface area contributed by atoms with Gasteiger partial charge < -0.3 is 13.6 Å². The van der Waals surface area contributed by atoms with Crippen LogP contribution in [-0.4, -0.2) is 36.2 Å². The first kappa shape index (κ1) is 10.8. The van der Waals surface area contributed by atoms with Crippen LogP contribution in [0.1, 0.15) is 6.92 Å². The SMILES string of the molecule is C=C[Si](OCC)OCCOC. The van der Waals surface area contributed by atoms with E-state index in [0.717, 1.165) is 0 Å². The Kier molecular flexibility index (Phi) is 7.82. The molecule has 0 rings (SSSR count). The fourth-order valence-corrected chi connectivity index (χ4v) is 1.42. The minimum Gasteiger partial charge on any atom is -0.391 e. The van der Waals surface area contributed by atoms with Crippen molar-refractivity contribution in [1.29, 1.82) is 0 Å². The van der Waals surface area contributed by atoms with Gasteiger partial charge in [0, 0.05) is 13.7 Å². The summed E-state index contributed by atoms with van der Waals surface area (Å²) in [5.41, 5.74) is 1.73. The van der Waals surface area contributed by atoms with E-state index in [1.807, 2.05) is 6.92 Å². The van der Waals surface area contributed by atoms with E-state index in [4.69, 9.17) is 13.6 Å². The standard InChI is InChI=1S/C7H15O3Si/c1-4-9-11(5-2)10-7-6-8-3/h5H,2,4,6-7H2,1,3H3. The van der Waals surface area contributed by atoms with E-state index in [0.29, 0.717) is 19.8 Å². The lowest BCUT2D eigenvalue weighted by molar-refractivity contribution is 0.126. The summed E-state index contributed by atoms with van der Waals surface area (Å²) in [6.45, 7) is 7.41. The molecule has 3 nitrogen and oxygen atoms in total. The lowest BCUT2D eigenvalue weighted by atomic mass is 10.8. The quantitative estimate of drug-likeness (QED) is 0.425. The topological polar surface area (TPSA) is 27.7 Å². The largest absolute Gasteiger partial charge is 0.415 e. The average molecular weight is 175 g/mol. The van der Waals surface area contributed by atoms with E-state index in [2.05, 4.69) is 6.58 Å². The average Bonchev–Trinajstić information content (AvgIpc) is 2.03. The van der Waals surface area contributed by atoms with Crippen molar-refractivity contribution in [2.45, 2.75) is 6.92 Å². The molecular weight excluding hydrogens is 160 g/mol. The Morgan fingerprint density at radius 3 is 2.55 bits per heavy atom. The van der Waals surface area contributed by atoms with Gasteiger partial charge in [-0.2, -0.15) is 0 Å². The van der Waals surface area contributed by atoms with E-state index >= 15 is 0 Å². The predicted molar refractivity (Wildman–Crippen MR) is 45.4 cm³/mol. The Morgan fingerprint density at radius 1 is 1.36 bits per heavy atom. The molecule has 0 atom stereocenters. The van der Waals surface area contributed by atoms with Crippen molar-refractivity contribution < 1.29 is 13.6 Å². The summed E-state index contributed by atoms with van der Waals surface area (Å²) >= 11 is 0. The summed E-state index contributed by atoms with van der Waals surface area (Å²) < 4.78 is 15.4. The molecule has 0 saturated carbocycles. The highest BCUT2D eigenvalue weighted by atomic mass is 28.3. The molecule has 0 unspecified atom stereocenters. The molecule has 0 spiro atoms. The zero-order chi connectivity index (χ0) is 8.53. The van der Waals surface area contributed by atoms with Crippen LogP contribution in [-0.2, 0) is 13.6 Å². The minimum atomic E-state index is -1.22. The fourth-order valence-electron chi connectivity index (χ4n) is 0.527. The lowest BCUT2D eigenvalue weighted by Crippen LogP contribution is -2.22. The van der Waals surface area contributed by atoms with E-state index < -0.39 is 9.28 Å². The molecule has 65 valence electrons. The summed E-state index contributed by atoms with van der Waals surface area (Å²) in [7, 11) is 0.420. The smallest absolute Gasteiger partial charge is 0.391 e. The molecule has 0 aliphatic carbocycles. The highest BCUT2D eigenvalue weighted by Crippen LogP contribution is 1.89. The summed E-state index contributed by atoms with van der Waals surface area (Å²) in [5, 5.41) is 0. The van der Waals surface area contributed by atoms with E-state index in [1.54, 1.807) is 12.8 Å². The van der Waals surface area contributed by atoms with Gasteiger partial charge in [-0.25, -0.2) is 0 Å².